The smallest absolute Gasteiger partial charge is 0.230 e. The number of aromatic nitrogens is 3. The summed E-state index contributed by atoms with van der Waals surface area (Å²) in [4.78, 5) is 12.2. The van der Waals surface area contributed by atoms with Gasteiger partial charge < -0.3 is 9.88 Å². The first-order valence-corrected chi connectivity index (χ1v) is 10.0. The predicted molar refractivity (Wildman–Crippen MR) is 110 cm³/mol. The van der Waals surface area contributed by atoms with Gasteiger partial charge >= 0.3 is 0 Å². The van der Waals surface area contributed by atoms with E-state index in [4.69, 9.17) is 0 Å². The largest absolute Gasteiger partial charge is 0.351 e. The third kappa shape index (κ3) is 4.77. The molecular weight excluding hydrogens is 356 g/mol. The molecule has 1 amide bonds. The molecule has 0 aliphatic rings. The number of aryl methyl sites for hydroxylation is 2. The minimum absolute atomic E-state index is 0.00832. The fourth-order valence-electron chi connectivity index (χ4n) is 2.86. The van der Waals surface area contributed by atoms with Gasteiger partial charge in [-0.1, -0.05) is 59.8 Å². The number of carbonyl (C=O) groups is 1. The minimum Gasteiger partial charge on any atom is -0.351 e. The van der Waals surface area contributed by atoms with E-state index in [2.05, 4.69) is 41.5 Å². The predicted octanol–water partition coefficient (Wildman–Crippen LogP) is 3.99. The van der Waals surface area contributed by atoms with E-state index in [0.717, 1.165) is 28.7 Å². The number of rotatable bonds is 7. The quantitative estimate of drug-likeness (QED) is 0.630. The van der Waals surface area contributed by atoms with Crippen molar-refractivity contribution in [3.8, 4) is 11.4 Å². The Morgan fingerprint density at radius 1 is 1.11 bits per heavy atom. The molecule has 0 atom stereocenters. The van der Waals surface area contributed by atoms with Crippen LogP contribution in [0.3, 0.4) is 0 Å². The van der Waals surface area contributed by atoms with Crippen molar-refractivity contribution < 1.29 is 4.79 Å². The highest BCUT2D eigenvalue weighted by atomic mass is 32.2. The zero-order chi connectivity index (χ0) is 19.2. The van der Waals surface area contributed by atoms with Gasteiger partial charge in [-0.05, 0) is 38.0 Å². The van der Waals surface area contributed by atoms with Crippen molar-refractivity contribution in [1.82, 2.24) is 20.1 Å². The molecule has 5 nitrogen and oxygen atoms in total. The molecule has 0 unspecified atom stereocenters. The van der Waals surface area contributed by atoms with Gasteiger partial charge in [0, 0.05) is 18.7 Å². The fourth-order valence-corrected chi connectivity index (χ4v) is 3.69. The summed E-state index contributed by atoms with van der Waals surface area (Å²) in [6, 6.07) is 16.3. The Morgan fingerprint density at radius 2 is 1.93 bits per heavy atom. The molecule has 1 heterocycles. The molecule has 1 N–H and O–H groups in total. The Balaban J connectivity index is 1.62. The SMILES string of the molecule is CCn1c(SCC(=O)NCc2ccccc2C)nnc1-c1cccc(C)c1. The van der Waals surface area contributed by atoms with Crippen LogP contribution in [0.25, 0.3) is 11.4 Å². The first kappa shape index (κ1) is 19.2. The summed E-state index contributed by atoms with van der Waals surface area (Å²) in [6.45, 7) is 7.47. The van der Waals surface area contributed by atoms with Gasteiger partial charge in [-0.3, -0.25) is 4.79 Å². The summed E-state index contributed by atoms with van der Waals surface area (Å²) in [7, 11) is 0. The van der Waals surface area contributed by atoms with Crippen molar-refractivity contribution >= 4 is 17.7 Å². The van der Waals surface area contributed by atoms with Crippen LogP contribution in [0.4, 0.5) is 0 Å². The molecule has 2 aromatic carbocycles. The van der Waals surface area contributed by atoms with Crippen molar-refractivity contribution in [3.63, 3.8) is 0 Å². The van der Waals surface area contributed by atoms with E-state index in [1.54, 1.807) is 0 Å². The summed E-state index contributed by atoms with van der Waals surface area (Å²) in [5.74, 6) is 1.15. The van der Waals surface area contributed by atoms with E-state index >= 15 is 0 Å². The van der Waals surface area contributed by atoms with Crippen LogP contribution in [-0.4, -0.2) is 26.4 Å². The second-order valence-corrected chi connectivity index (χ2v) is 7.35. The maximum absolute atomic E-state index is 12.2. The summed E-state index contributed by atoms with van der Waals surface area (Å²) >= 11 is 1.42. The van der Waals surface area contributed by atoms with Crippen molar-refractivity contribution in [1.29, 1.82) is 0 Å². The lowest BCUT2D eigenvalue weighted by Crippen LogP contribution is -2.25. The van der Waals surface area contributed by atoms with Crippen molar-refractivity contribution in [2.45, 2.75) is 39.0 Å². The van der Waals surface area contributed by atoms with Gasteiger partial charge in [-0.15, -0.1) is 10.2 Å². The lowest BCUT2D eigenvalue weighted by Gasteiger charge is -2.09. The average molecular weight is 381 g/mol. The van der Waals surface area contributed by atoms with Gasteiger partial charge in [0.05, 0.1) is 5.75 Å². The van der Waals surface area contributed by atoms with Gasteiger partial charge in [0.25, 0.3) is 0 Å². The van der Waals surface area contributed by atoms with E-state index in [9.17, 15) is 4.79 Å². The van der Waals surface area contributed by atoms with Crippen molar-refractivity contribution in [2.24, 2.45) is 0 Å². The van der Waals surface area contributed by atoms with Crippen LogP contribution >= 0.6 is 11.8 Å². The zero-order valence-corrected chi connectivity index (χ0v) is 16.7. The number of nitrogens with zero attached hydrogens (tertiary/aromatic N) is 3. The van der Waals surface area contributed by atoms with Gasteiger partial charge in [0.15, 0.2) is 11.0 Å². The zero-order valence-electron chi connectivity index (χ0n) is 15.9. The molecule has 6 heteroatoms. The van der Waals surface area contributed by atoms with Crippen LogP contribution < -0.4 is 5.32 Å². The molecule has 140 valence electrons. The van der Waals surface area contributed by atoms with E-state index < -0.39 is 0 Å². The normalized spacial score (nSPS) is 10.8. The second-order valence-electron chi connectivity index (χ2n) is 6.41. The van der Waals surface area contributed by atoms with Gasteiger partial charge in [-0.25, -0.2) is 0 Å². The molecule has 3 aromatic rings. The number of thioether (sulfide) groups is 1. The molecule has 0 fully saturated rings. The number of carbonyl (C=O) groups excluding carboxylic acids is 1. The standard InChI is InChI=1S/C21H24N4OS/c1-4-25-20(17-11-7-8-15(2)12-17)23-24-21(25)27-14-19(26)22-13-18-10-6-5-9-16(18)3/h5-12H,4,13-14H2,1-3H3,(H,22,26). The fraction of sp³-hybridized carbons (Fsp3) is 0.286. The Bertz CT molecular complexity index is 935. The van der Waals surface area contributed by atoms with Gasteiger partial charge in [0.1, 0.15) is 0 Å². The van der Waals surface area contributed by atoms with Crippen LogP contribution in [0.5, 0.6) is 0 Å². The van der Waals surface area contributed by atoms with Crippen molar-refractivity contribution in [2.75, 3.05) is 5.75 Å². The minimum atomic E-state index is -0.00832. The molecule has 27 heavy (non-hydrogen) atoms. The number of hydrogen-bond acceptors (Lipinski definition) is 4. The first-order chi connectivity index (χ1) is 13.1. The molecular formula is C21H24N4OS. The first-order valence-electron chi connectivity index (χ1n) is 9.02. The highest BCUT2D eigenvalue weighted by Crippen LogP contribution is 2.24. The van der Waals surface area contributed by atoms with Crippen LogP contribution in [0.15, 0.2) is 53.7 Å². The Labute approximate surface area is 164 Å². The van der Waals surface area contributed by atoms with Crippen molar-refractivity contribution in [3.05, 3.63) is 65.2 Å². The summed E-state index contributed by atoms with van der Waals surface area (Å²) < 4.78 is 2.05. The van der Waals surface area contributed by atoms with Crippen LogP contribution in [0, 0.1) is 13.8 Å². The lowest BCUT2D eigenvalue weighted by molar-refractivity contribution is -0.118. The van der Waals surface area contributed by atoms with Crippen LogP contribution in [-0.2, 0) is 17.9 Å². The maximum atomic E-state index is 12.2. The van der Waals surface area contributed by atoms with E-state index in [-0.39, 0.29) is 5.91 Å². The highest BCUT2D eigenvalue weighted by molar-refractivity contribution is 7.99. The van der Waals surface area contributed by atoms with Gasteiger partial charge in [0.2, 0.25) is 5.91 Å². The average Bonchev–Trinajstić information content (AvgIpc) is 3.08. The number of nitrogens with one attached hydrogen (secondary N) is 1. The van der Waals surface area contributed by atoms with Crippen LogP contribution in [0.1, 0.15) is 23.6 Å². The molecule has 0 bridgehead atoms. The molecule has 0 spiro atoms. The second kappa shape index (κ2) is 8.86. The van der Waals surface area contributed by atoms with Gasteiger partial charge in [-0.2, -0.15) is 0 Å². The monoisotopic (exact) mass is 380 g/mol. The third-order valence-electron chi connectivity index (χ3n) is 4.38. The molecule has 0 saturated heterocycles. The molecule has 0 saturated carbocycles. The molecule has 0 aliphatic carbocycles. The summed E-state index contributed by atoms with van der Waals surface area (Å²) in [5, 5.41) is 12.4. The Kier molecular flexibility index (Phi) is 6.29. The molecule has 0 aliphatic heterocycles. The molecule has 0 radical (unpaired) electrons. The summed E-state index contributed by atoms with van der Waals surface area (Å²) in [5.41, 5.74) is 4.54. The number of hydrogen-bond donors (Lipinski definition) is 1. The topological polar surface area (TPSA) is 59.8 Å². The van der Waals surface area contributed by atoms with Crippen LogP contribution in [0.2, 0.25) is 0 Å². The Hall–Kier alpha value is -2.60. The maximum Gasteiger partial charge on any atom is 0.230 e. The molecule has 1 aromatic heterocycles. The van der Waals surface area contributed by atoms with E-state index in [1.165, 1.54) is 22.9 Å². The summed E-state index contributed by atoms with van der Waals surface area (Å²) in [6.07, 6.45) is 0. The third-order valence-corrected chi connectivity index (χ3v) is 5.35. The lowest BCUT2D eigenvalue weighted by atomic mass is 10.1. The van der Waals surface area contributed by atoms with E-state index in [1.807, 2.05) is 47.9 Å². The number of benzene rings is 2. The highest BCUT2D eigenvalue weighted by Gasteiger charge is 2.14. The van der Waals surface area contributed by atoms with E-state index in [0.29, 0.717) is 12.3 Å². The number of amides is 1. The Morgan fingerprint density at radius 3 is 2.67 bits per heavy atom. The molecule has 3 rings (SSSR count).